The van der Waals surface area contributed by atoms with Crippen molar-refractivity contribution in [1.29, 1.82) is 0 Å². The van der Waals surface area contributed by atoms with Gasteiger partial charge in [0.05, 0.1) is 5.71 Å². The van der Waals surface area contributed by atoms with E-state index in [0.717, 1.165) is 18.8 Å². The van der Waals surface area contributed by atoms with Gasteiger partial charge in [-0.3, -0.25) is 4.90 Å². The highest BCUT2D eigenvalue weighted by Crippen LogP contribution is 2.09. The van der Waals surface area contributed by atoms with Gasteiger partial charge in [0.1, 0.15) is 0 Å². The van der Waals surface area contributed by atoms with Gasteiger partial charge in [-0.2, -0.15) is 0 Å². The maximum atomic E-state index is 5.20. The molecule has 0 spiro atoms. The lowest BCUT2D eigenvalue weighted by Gasteiger charge is -2.17. The maximum absolute atomic E-state index is 5.20. The molecule has 0 aromatic carbocycles. The quantitative estimate of drug-likeness (QED) is 0.496. The molecular weight excluding hydrogens is 164 g/mol. The SMILES string of the molecule is CC(C)=NOCN1CCCCCC1. The van der Waals surface area contributed by atoms with Crippen molar-refractivity contribution in [3.63, 3.8) is 0 Å². The first-order valence-electron chi connectivity index (χ1n) is 5.14. The van der Waals surface area contributed by atoms with Crippen LogP contribution in [0.1, 0.15) is 39.5 Å². The topological polar surface area (TPSA) is 24.8 Å². The number of likely N-dealkylation sites (tertiary alicyclic amines) is 1. The van der Waals surface area contributed by atoms with Crippen LogP contribution in [-0.2, 0) is 4.84 Å². The molecular formula is C10H20N2O. The second kappa shape index (κ2) is 5.97. The molecule has 0 radical (unpaired) electrons. The summed E-state index contributed by atoms with van der Waals surface area (Å²) in [5, 5.41) is 3.92. The molecule has 1 aliphatic heterocycles. The second-order valence-electron chi connectivity index (χ2n) is 3.83. The smallest absolute Gasteiger partial charge is 0.170 e. The summed E-state index contributed by atoms with van der Waals surface area (Å²) in [5.41, 5.74) is 0.981. The van der Waals surface area contributed by atoms with Crippen molar-refractivity contribution in [2.24, 2.45) is 5.16 Å². The fourth-order valence-corrected chi connectivity index (χ4v) is 1.50. The lowest BCUT2D eigenvalue weighted by atomic mass is 10.2. The summed E-state index contributed by atoms with van der Waals surface area (Å²) in [6.45, 7) is 6.88. The molecule has 0 atom stereocenters. The zero-order chi connectivity index (χ0) is 9.52. The van der Waals surface area contributed by atoms with Crippen LogP contribution >= 0.6 is 0 Å². The van der Waals surface area contributed by atoms with Crippen LogP contribution in [0.5, 0.6) is 0 Å². The van der Waals surface area contributed by atoms with Crippen LogP contribution in [0, 0.1) is 0 Å². The van der Waals surface area contributed by atoms with Crippen LogP contribution < -0.4 is 0 Å². The first kappa shape index (κ1) is 10.5. The van der Waals surface area contributed by atoms with Gasteiger partial charge in [0, 0.05) is 13.1 Å². The highest BCUT2D eigenvalue weighted by Gasteiger charge is 2.08. The molecule has 1 saturated heterocycles. The van der Waals surface area contributed by atoms with Gasteiger partial charge in [0.2, 0.25) is 0 Å². The first-order valence-corrected chi connectivity index (χ1v) is 5.14. The van der Waals surface area contributed by atoms with E-state index >= 15 is 0 Å². The van der Waals surface area contributed by atoms with Crippen LogP contribution in [0.4, 0.5) is 0 Å². The summed E-state index contributed by atoms with van der Waals surface area (Å²) < 4.78 is 0. The summed E-state index contributed by atoms with van der Waals surface area (Å²) in [4.78, 5) is 7.54. The van der Waals surface area contributed by atoms with Crippen LogP contribution in [0.3, 0.4) is 0 Å². The van der Waals surface area contributed by atoms with E-state index < -0.39 is 0 Å². The van der Waals surface area contributed by atoms with Gasteiger partial charge < -0.3 is 4.84 Å². The molecule has 0 aromatic heterocycles. The normalized spacial score (nSPS) is 19.2. The van der Waals surface area contributed by atoms with Crippen LogP contribution in [-0.4, -0.2) is 30.4 Å². The standard InChI is InChI=1S/C10H20N2O/c1-10(2)11-13-9-12-7-5-3-4-6-8-12/h3-9H2,1-2H3. The zero-order valence-electron chi connectivity index (χ0n) is 8.75. The van der Waals surface area contributed by atoms with Gasteiger partial charge in [-0.15, -0.1) is 0 Å². The summed E-state index contributed by atoms with van der Waals surface area (Å²) in [6.07, 6.45) is 5.34. The Labute approximate surface area is 80.7 Å². The Bertz CT molecular complexity index is 156. The molecule has 0 saturated carbocycles. The molecule has 76 valence electrons. The lowest BCUT2D eigenvalue weighted by Crippen LogP contribution is -2.26. The van der Waals surface area contributed by atoms with E-state index in [9.17, 15) is 0 Å². The number of rotatable bonds is 3. The third-order valence-electron chi connectivity index (χ3n) is 2.19. The predicted molar refractivity (Wildman–Crippen MR) is 54.8 cm³/mol. The van der Waals surface area contributed by atoms with Crippen molar-refractivity contribution in [3.05, 3.63) is 0 Å². The van der Waals surface area contributed by atoms with Crippen molar-refractivity contribution in [1.82, 2.24) is 4.90 Å². The Morgan fingerprint density at radius 3 is 2.31 bits per heavy atom. The van der Waals surface area contributed by atoms with Crippen molar-refractivity contribution >= 4 is 5.71 Å². The molecule has 0 aliphatic carbocycles. The van der Waals surface area contributed by atoms with E-state index in [1.165, 1.54) is 25.7 Å². The molecule has 3 nitrogen and oxygen atoms in total. The largest absolute Gasteiger partial charge is 0.380 e. The molecule has 0 aromatic rings. The molecule has 1 rings (SSSR count). The molecule has 0 amide bonds. The van der Waals surface area contributed by atoms with Crippen LogP contribution in [0.2, 0.25) is 0 Å². The summed E-state index contributed by atoms with van der Waals surface area (Å²) >= 11 is 0. The minimum absolute atomic E-state index is 0.658. The summed E-state index contributed by atoms with van der Waals surface area (Å²) in [7, 11) is 0. The first-order chi connectivity index (χ1) is 6.29. The molecule has 13 heavy (non-hydrogen) atoms. The van der Waals surface area contributed by atoms with Gasteiger partial charge >= 0.3 is 0 Å². The van der Waals surface area contributed by atoms with Crippen molar-refractivity contribution in [2.75, 3.05) is 19.8 Å². The van der Waals surface area contributed by atoms with Gasteiger partial charge in [0.25, 0.3) is 0 Å². The van der Waals surface area contributed by atoms with E-state index in [2.05, 4.69) is 10.1 Å². The third-order valence-corrected chi connectivity index (χ3v) is 2.19. The maximum Gasteiger partial charge on any atom is 0.170 e. The zero-order valence-corrected chi connectivity index (χ0v) is 8.75. The minimum atomic E-state index is 0.658. The number of hydrogen-bond donors (Lipinski definition) is 0. The molecule has 1 aliphatic rings. The van der Waals surface area contributed by atoms with Crippen molar-refractivity contribution in [3.8, 4) is 0 Å². The van der Waals surface area contributed by atoms with Crippen molar-refractivity contribution in [2.45, 2.75) is 39.5 Å². The molecule has 0 N–H and O–H groups in total. The van der Waals surface area contributed by atoms with E-state index in [-0.39, 0.29) is 0 Å². The Morgan fingerprint density at radius 2 is 1.77 bits per heavy atom. The number of hydrogen-bond acceptors (Lipinski definition) is 3. The third kappa shape index (κ3) is 4.88. The van der Waals surface area contributed by atoms with E-state index in [1.54, 1.807) is 0 Å². The molecule has 0 bridgehead atoms. The Morgan fingerprint density at radius 1 is 1.15 bits per heavy atom. The van der Waals surface area contributed by atoms with Crippen LogP contribution in [0.25, 0.3) is 0 Å². The lowest BCUT2D eigenvalue weighted by molar-refractivity contribution is 0.0342. The van der Waals surface area contributed by atoms with E-state index in [1.807, 2.05) is 13.8 Å². The Hall–Kier alpha value is -0.570. The number of nitrogens with zero attached hydrogens (tertiary/aromatic N) is 2. The number of oxime groups is 1. The van der Waals surface area contributed by atoms with Gasteiger partial charge in [0.15, 0.2) is 6.73 Å². The average Bonchev–Trinajstić information content (AvgIpc) is 2.32. The Balaban J connectivity index is 2.15. The van der Waals surface area contributed by atoms with Gasteiger partial charge in [-0.25, -0.2) is 0 Å². The monoisotopic (exact) mass is 184 g/mol. The molecule has 0 unspecified atom stereocenters. The van der Waals surface area contributed by atoms with Crippen molar-refractivity contribution < 1.29 is 4.84 Å². The van der Waals surface area contributed by atoms with E-state index in [0.29, 0.717) is 6.73 Å². The second-order valence-corrected chi connectivity index (χ2v) is 3.83. The summed E-state index contributed by atoms with van der Waals surface area (Å²) in [6, 6.07) is 0. The van der Waals surface area contributed by atoms with Crippen LogP contribution in [0.15, 0.2) is 5.16 Å². The average molecular weight is 184 g/mol. The molecule has 1 heterocycles. The summed E-state index contributed by atoms with van der Waals surface area (Å²) in [5.74, 6) is 0. The fraction of sp³-hybridized carbons (Fsp3) is 0.900. The predicted octanol–water partition coefficient (Wildman–Crippen LogP) is 2.23. The fourth-order valence-electron chi connectivity index (χ4n) is 1.50. The van der Waals surface area contributed by atoms with Gasteiger partial charge in [-0.1, -0.05) is 18.0 Å². The minimum Gasteiger partial charge on any atom is -0.380 e. The molecule has 3 heteroatoms. The van der Waals surface area contributed by atoms with Gasteiger partial charge in [-0.05, 0) is 26.7 Å². The molecule has 1 fully saturated rings. The highest BCUT2D eigenvalue weighted by atomic mass is 16.6. The van der Waals surface area contributed by atoms with E-state index in [4.69, 9.17) is 4.84 Å². The highest BCUT2D eigenvalue weighted by molar-refractivity contribution is 5.78. The Kier molecular flexibility index (Phi) is 4.83.